The van der Waals surface area contributed by atoms with E-state index in [2.05, 4.69) is 9.88 Å². The largest absolute Gasteiger partial charge is 0.481 e. The van der Waals surface area contributed by atoms with Crippen LogP contribution in [0, 0.1) is 11.8 Å². The number of carbonyl (C=O) groups is 1. The van der Waals surface area contributed by atoms with E-state index in [1.807, 2.05) is 19.1 Å². The Morgan fingerprint density at radius 3 is 3.24 bits per heavy atom. The van der Waals surface area contributed by atoms with Crippen LogP contribution in [-0.2, 0) is 4.79 Å². The third kappa shape index (κ3) is 2.86. The lowest BCUT2D eigenvalue weighted by atomic mass is 9.84. The first-order valence-electron chi connectivity index (χ1n) is 7.44. The van der Waals surface area contributed by atoms with Crippen LogP contribution in [0.1, 0.15) is 26.2 Å². The maximum Gasteiger partial charge on any atom is 0.303 e. The molecule has 112 valence electrons. The molecule has 0 radical (unpaired) electrons. The van der Waals surface area contributed by atoms with Gasteiger partial charge in [-0.25, -0.2) is 4.98 Å². The summed E-state index contributed by atoms with van der Waals surface area (Å²) in [5, 5.41) is 10.0. The van der Waals surface area contributed by atoms with Crippen molar-refractivity contribution in [3.8, 4) is 0 Å². The van der Waals surface area contributed by atoms with Gasteiger partial charge in [-0.2, -0.15) is 0 Å². The number of hydrogen-bond donors (Lipinski definition) is 1. The normalized spacial score (nSPS) is 20.6. The van der Waals surface area contributed by atoms with E-state index in [9.17, 15) is 4.79 Å². The summed E-state index contributed by atoms with van der Waals surface area (Å²) < 4.78 is 5.43. The zero-order valence-electron chi connectivity index (χ0n) is 12.2. The smallest absolute Gasteiger partial charge is 0.303 e. The molecular weight excluding hydrogens is 268 g/mol. The van der Waals surface area contributed by atoms with E-state index in [1.165, 1.54) is 0 Å². The van der Waals surface area contributed by atoms with Crippen molar-refractivity contribution in [2.45, 2.75) is 26.2 Å². The molecule has 1 fully saturated rings. The van der Waals surface area contributed by atoms with Crippen LogP contribution in [-0.4, -0.2) is 29.1 Å². The lowest BCUT2D eigenvalue weighted by Gasteiger charge is -2.36. The minimum atomic E-state index is -0.713. The highest BCUT2D eigenvalue weighted by atomic mass is 16.4. The number of aromatic nitrogens is 1. The van der Waals surface area contributed by atoms with Crippen LogP contribution in [0.2, 0.25) is 0 Å². The first kappa shape index (κ1) is 13.9. The monoisotopic (exact) mass is 288 g/mol. The van der Waals surface area contributed by atoms with Crippen LogP contribution in [0.5, 0.6) is 0 Å². The van der Waals surface area contributed by atoms with Crippen molar-refractivity contribution in [2.75, 3.05) is 18.0 Å². The third-order valence-corrected chi connectivity index (χ3v) is 4.42. The number of furan rings is 1. The topological polar surface area (TPSA) is 66.6 Å². The number of nitrogens with zero attached hydrogens (tertiary/aromatic N) is 2. The summed E-state index contributed by atoms with van der Waals surface area (Å²) in [7, 11) is 0. The average molecular weight is 288 g/mol. The first-order valence-corrected chi connectivity index (χ1v) is 7.44. The summed E-state index contributed by atoms with van der Waals surface area (Å²) in [4.78, 5) is 17.7. The fraction of sp³-hybridized carbons (Fsp3) is 0.500. The van der Waals surface area contributed by atoms with Gasteiger partial charge in [0.25, 0.3) is 0 Å². The molecule has 2 atom stereocenters. The number of carboxylic acid groups (broad SMARTS) is 1. The van der Waals surface area contributed by atoms with Crippen molar-refractivity contribution in [2.24, 2.45) is 11.8 Å². The number of rotatable bonds is 4. The highest BCUT2D eigenvalue weighted by Gasteiger charge is 2.27. The molecule has 1 aliphatic heterocycles. The fourth-order valence-corrected chi connectivity index (χ4v) is 3.24. The molecule has 0 aromatic carbocycles. The van der Waals surface area contributed by atoms with Gasteiger partial charge in [0, 0.05) is 25.7 Å². The average Bonchev–Trinajstić information content (AvgIpc) is 2.95. The SMILES string of the molecule is CC(CC(=O)O)C1CCCN(c2nccc3occc23)C1. The zero-order valence-corrected chi connectivity index (χ0v) is 12.2. The number of fused-ring (bicyclic) bond motifs is 1. The van der Waals surface area contributed by atoms with Crippen molar-refractivity contribution in [1.82, 2.24) is 4.98 Å². The van der Waals surface area contributed by atoms with Crippen molar-refractivity contribution in [3.63, 3.8) is 0 Å². The summed E-state index contributed by atoms with van der Waals surface area (Å²) in [6, 6.07) is 3.81. The summed E-state index contributed by atoms with van der Waals surface area (Å²) in [6.07, 6.45) is 5.86. The van der Waals surface area contributed by atoms with E-state index in [0.717, 1.165) is 42.7 Å². The van der Waals surface area contributed by atoms with Gasteiger partial charge in [0.1, 0.15) is 11.4 Å². The van der Waals surface area contributed by atoms with Gasteiger partial charge < -0.3 is 14.4 Å². The quantitative estimate of drug-likeness (QED) is 0.936. The Balaban J connectivity index is 1.80. The molecule has 0 saturated carbocycles. The molecule has 2 aromatic rings. The second-order valence-electron chi connectivity index (χ2n) is 5.89. The third-order valence-electron chi connectivity index (χ3n) is 4.42. The molecule has 2 aromatic heterocycles. The Labute approximate surface area is 123 Å². The molecule has 2 unspecified atom stereocenters. The summed E-state index contributed by atoms with van der Waals surface area (Å²) >= 11 is 0. The predicted octanol–water partition coefficient (Wildman–Crippen LogP) is 3.16. The molecular formula is C16H20N2O3. The Bertz CT molecular complexity index is 637. The van der Waals surface area contributed by atoms with Crippen LogP contribution in [0.3, 0.4) is 0 Å². The Kier molecular flexibility index (Phi) is 3.82. The van der Waals surface area contributed by atoms with Crippen LogP contribution in [0.15, 0.2) is 29.0 Å². The lowest BCUT2D eigenvalue weighted by molar-refractivity contribution is -0.138. The Morgan fingerprint density at radius 2 is 2.43 bits per heavy atom. The van der Waals surface area contributed by atoms with Crippen molar-refractivity contribution >= 4 is 22.8 Å². The van der Waals surface area contributed by atoms with Crippen LogP contribution < -0.4 is 4.90 Å². The highest BCUT2D eigenvalue weighted by Crippen LogP contribution is 2.32. The second kappa shape index (κ2) is 5.76. The highest BCUT2D eigenvalue weighted by molar-refractivity contribution is 5.88. The molecule has 5 nitrogen and oxygen atoms in total. The zero-order chi connectivity index (χ0) is 14.8. The number of carboxylic acids is 1. The molecule has 5 heteroatoms. The maximum absolute atomic E-state index is 10.9. The van der Waals surface area contributed by atoms with Crippen molar-refractivity contribution in [3.05, 3.63) is 24.6 Å². The van der Waals surface area contributed by atoms with E-state index in [1.54, 1.807) is 12.5 Å². The minimum absolute atomic E-state index is 0.189. The standard InChI is InChI=1S/C16H20N2O3/c1-11(9-15(19)20)12-3-2-7-18(10-12)16-13-5-8-21-14(13)4-6-17-16/h4-6,8,11-12H,2-3,7,9-10H2,1H3,(H,19,20). The number of aliphatic carboxylic acids is 1. The second-order valence-corrected chi connectivity index (χ2v) is 5.89. The Hall–Kier alpha value is -2.04. The Morgan fingerprint density at radius 1 is 1.57 bits per heavy atom. The summed E-state index contributed by atoms with van der Waals surface area (Å²) in [5.74, 6) is 0.829. The first-order chi connectivity index (χ1) is 10.1. The number of piperidine rings is 1. The van der Waals surface area contributed by atoms with Gasteiger partial charge in [-0.15, -0.1) is 0 Å². The van der Waals surface area contributed by atoms with Gasteiger partial charge >= 0.3 is 5.97 Å². The molecule has 1 saturated heterocycles. The van der Waals surface area contributed by atoms with E-state index in [-0.39, 0.29) is 12.3 Å². The van der Waals surface area contributed by atoms with Crippen LogP contribution in [0.25, 0.3) is 11.0 Å². The van der Waals surface area contributed by atoms with Crippen LogP contribution >= 0.6 is 0 Å². The number of anilines is 1. The summed E-state index contributed by atoms with van der Waals surface area (Å²) in [6.45, 7) is 3.87. The van der Waals surface area contributed by atoms with Gasteiger partial charge in [0.2, 0.25) is 0 Å². The maximum atomic E-state index is 10.9. The molecule has 0 spiro atoms. The molecule has 0 amide bonds. The van der Waals surface area contributed by atoms with E-state index < -0.39 is 5.97 Å². The predicted molar refractivity (Wildman–Crippen MR) is 80.4 cm³/mol. The lowest BCUT2D eigenvalue weighted by Crippen LogP contribution is -2.38. The van der Waals surface area contributed by atoms with E-state index in [4.69, 9.17) is 9.52 Å². The van der Waals surface area contributed by atoms with Gasteiger partial charge in [-0.1, -0.05) is 6.92 Å². The molecule has 1 aliphatic rings. The van der Waals surface area contributed by atoms with Gasteiger partial charge in [-0.3, -0.25) is 4.79 Å². The fourth-order valence-electron chi connectivity index (χ4n) is 3.24. The molecule has 3 heterocycles. The number of pyridine rings is 1. The van der Waals surface area contributed by atoms with Crippen molar-refractivity contribution < 1.29 is 14.3 Å². The van der Waals surface area contributed by atoms with E-state index >= 15 is 0 Å². The van der Waals surface area contributed by atoms with Gasteiger partial charge in [-0.05, 0) is 36.8 Å². The minimum Gasteiger partial charge on any atom is -0.481 e. The molecule has 0 bridgehead atoms. The molecule has 21 heavy (non-hydrogen) atoms. The van der Waals surface area contributed by atoms with Crippen LogP contribution in [0.4, 0.5) is 5.82 Å². The summed E-state index contributed by atoms with van der Waals surface area (Å²) in [5.41, 5.74) is 0.848. The van der Waals surface area contributed by atoms with E-state index in [0.29, 0.717) is 5.92 Å². The molecule has 0 aliphatic carbocycles. The van der Waals surface area contributed by atoms with Crippen molar-refractivity contribution in [1.29, 1.82) is 0 Å². The molecule has 3 rings (SSSR count). The molecule has 1 N–H and O–H groups in total. The van der Waals surface area contributed by atoms with Gasteiger partial charge in [0.05, 0.1) is 11.6 Å². The number of hydrogen-bond acceptors (Lipinski definition) is 4. The van der Waals surface area contributed by atoms with Gasteiger partial charge in [0.15, 0.2) is 0 Å².